The third kappa shape index (κ3) is 1.92. The van der Waals surface area contributed by atoms with E-state index < -0.39 is 11.4 Å². The van der Waals surface area contributed by atoms with Gasteiger partial charge in [0.25, 0.3) is 0 Å². The van der Waals surface area contributed by atoms with E-state index in [1.165, 1.54) is 11.8 Å². The topological polar surface area (TPSA) is 37.3 Å². The molecule has 15 heavy (non-hydrogen) atoms. The van der Waals surface area contributed by atoms with Gasteiger partial charge in [-0.05, 0) is 29.9 Å². The standard InChI is InChI=1S/C12H12O2S/c1-9(12(7-8-12)11(13)14)15-10-5-3-2-4-6-10/h2-6H,1,7-8H2,(H,13,14). The summed E-state index contributed by atoms with van der Waals surface area (Å²) >= 11 is 1.47. The van der Waals surface area contributed by atoms with Crippen LogP contribution < -0.4 is 0 Å². The van der Waals surface area contributed by atoms with Crippen LogP contribution in [-0.4, -0.2) is 11.1 Å². The molecule has 0 bridgehead atoms. The van der Waals surface area contributed by atoms with Crippen LogP contribution in [0.4, 0.5) is 0 Å². The van der Waals surface area contributed by atoms with Crippen molar-refractivity contribution in [3.63, 3.8) is 0 Å². The fourth-order valence-electron chi connectivity index (χ4n) is 1.47. The van der Waals surface area contributed by atoms with Crippen LogP contribution >= 0.6 is 11.8 Å². The van der Waals surface area contributed by atoms with E-state index in [0.717, 1.165) is 22.6 Å². The largest absolute Gasteiger partial charge is 0.481 e. The number of carbonyl (C=O) groups is 1. The molecule has 2 rings (SSSR count). The first-order valence-corrected chi connectivity index (χ1v) is 5.62. The second-order valence-corrected chi connectivity index (χ2v) is 4.89. The molecule has 0 atom stereocenters. The van der Waals surface area contributed by atoms with Gasteiger partial charge in [-0.2, -0.15) is 0 Å². The van der Waals surface area contributed by atoms with Crippen molar-refractivity contribution in [2.24, 2.45) is 5.41 Å². The van der Waals surface area contributed by atoms with Gasteiger partial charge >= 0.3 is 5.97 Å². The predicted molar refractivity (Wildman–Crippen MR) is 60.7 cm³/mol. The van der Waals surface area contributed by atoms with E-state index in [2.05, 4.69) is 6.58 Å². The highest BCUT2D eigenvalue weighted by Gasteiger charge is 2.52. The Morgan fingerprint density at radius 2 is 1.93 bits per heavy atom. The summed E-state index contributed by atoms with van der Waals surface area (Å²) in [5.74, 6) is -0.740. The lowest BCUT2D eigenvalue weighted by Gasteiger charge is -2.12. The smallest absolute Gasteiger partial charge is 0.314 e. The Kier molecular flexibility index (Phi) is 2.57. The summed E-state index contributed by atoms with van der Waals surface area (Å²) in [6.07, 6.45) is 1.45. The van der Waals surface area contributed by atoms with Gasteiger partial charge in [0.1, 0.15) is 0 Å². The molecular formula is C12H12O2S. The highest BCUT2D eigenvalue weighted by molar-refractivity contribution is 8.03. The van der Waals surface area contributed by atoms with Crippen molar-refractivity contribution >= 4 is 17.7 Å². The van der Waals surface area contributed by atoms with Crippen LogP contribution in [0.15, 0.2) is 46.7 Å². The lowest BCUT2D eigenvalue weighted by molar-refractivity contribution is -0.141. The monoisotopic (exact) mass is 220 g/mol. The highest BCUT2D eigenvalue weighted by Crippen LogP contribution is 2.56. The molecule has 1 fully saturated rings. The number of hydrogen-bond donors (Lipinski definition) is 1. The number of benzene rings is 1. The molecule has 0 aromatic heterocycles. The molecule has 0 aliphatic heterocycles. The molecule has 3 heteroatoms. The molecule has 2 nitrogen and oxygen atoms in total. The summed E-state index contributed by atoms with van der Waals surface area (Å²) in [6, 6.07) is 9.75. The molecule has 78 valence electrons. The molecular weight excluding hydrogens is 208 g/mol. The first kappa shape index (κ1) is 10.3. The molecule has 0 spiro atoms. The fourth-order valence-corrected chi connectivity index (χ4v) is 2.53. The number of aliphatic carboxylic acids is 1. The average Bonchev–Trinajstić information content (AvgIpc) is 2.99. The molecule has 1 aliphatic carbocycles. The number of thioether (sulfide) groups is 1. The van der Waals surface area contributed by atoms with E-state index in [0.29, 0.717) is 0 Å². The molecule has 1 aromatic carbocycles. The molecule has 1 aromatic rings. The van der Waals surface area contributed by atoms with Gasteiger partial charge in [-0.3, -0.25) is 4.79 Å². The van der Waals surface area contributed by atoms with Crippen LogP contribution in [0.25, 0.3) is 0 Å². The molecule has 0 saturated heterocycles. The maximum Gasteiger partial charge on any atom is 0.314 e. The van der Waals surface area contributed by atoms with Gasteiger partial charge in [-0.25, -0.2) is 0 Å². The quantitative estimate of drug-likeness (QED) is 0.792. The molecule has 1 N–H and O–H groups in total. The molecule has 0 unspecified atom stereocenters. The molecule has 1 aliphatic rings. The van der Waals surface area contributed by atoms with E-state index in [-0.39, 0.29) is 0 Å². The van der Waals surface area contributed by atoms with Gasteiger partial charge in [0.15, 0.2) is 0 Å². The summed E-state index contributed by atoms with van der Waals surface area (Å²) in [5.41, 5.74) is -0.652. The zero-order valence-electron chi connectivity index (χ0n) is 8.27. The molecule has 0 radical (unpaired) electrons. The zero-order chi connectivity index (χ0) is 10.9. The van der Waals surface area contributed by atoms with Crippen LogP contribution in [0.2, 0.25) is 0 Å². The lowest BCUT2D eigenvalue weighted by Crippen LogP contribution is -2.15. The Morgan fingerprint density at radius 3 is 2.40 bits per heavy atom. The van der Waals surface area contributed by atoms with Crippen LogP contribution in [0.3, 0.4) is 0 Å². The third-order valence-electron chi connectivity index (χ3n) is 2.68. The second-order valence-electron chi connectivity index (χ2n) is 3.73. The Bertz CT molecular complexity index is 393. The Balaban J connectivity index is 2.08. The van der Waals surface area contributed by atoms with Crippen LogP contribution in [0, 0.1) is 5.41 Å². The lowest BCUT2D eigenvalue weighted by atomic mass is 10.1. The first-order chi connectivity index (χ1) is 7.15. The minimum atomic E-state index is -0.740. The van der Waals surface area contributed by atoms with Gasteiger partial charge in [0, 0.05) is 4.90 Å². The highest BCUT2D eigenvalue weighted by atomic mass is 32.2. The zero-order valence-corrected chi connectivity index (χ0v) is 9.09. The Hall–Kier alpha value is -1.22. The third-order valence-corrected chi connectivity index (χ3v) is 3.82. The summed E-state index contributed by atoms with van der Waals surface area (Å²) in [6.45, 7) is 3.89. The second kappa shape index (κ2) is 3.74. The van der Waals surface area contributed by atoms with E-state index in [1.807, 2.05) is 30.3 Å². The average molecular weight is 220 g/mol. The Morgan fingerprint density at radius 1 is 1.33 bits per heavy atom. The maximum atomic E-state index is 11.0. The van der Waals surface area contributed by atoms with E-state index >= 15 is 0 Å². The predicted octanol–water partition coefficient (Wildman–Crippen LogP) is 3.16. The summed E-state index contributed by atoms with van der Waals surface area (Å²) in [5, 5.41) is 9.08. The molecule has 1 saturated carbocycles. The van der Waals surface area contributed by atoms with Crippen molar-refractivity contribution < 1.29 is 9.90 Å². The number of rotatable bonds is 4. The van der Waals surface area contributed by atoms with Gasteiger partial charge in [0.2, 0.25) is 0 Å². The number of hydrogen-bond acceptors (Lipinski definition) is 2. The minimum Gasteiger partial charge on any atom is -0.481 e. The van der Waals surface area contributed by atoms with Crippen molar-refractivity contribution in [1.82, 2.24) is 0 Å². The van der Waals surface area contributed by atoms with E-state index in [9.17, 15) is 4.79 Å². The van der Waals surface area contributed by atoms with E-state index in [1.54, 1.807) is 0 Å². The van der Waals surface area contributed by atoms with Crippen molar-refractivity contribution in [3.8, 4) is 0 Å². The molecule has 0 heterocycles. The SMILES string of the molecule is C=C(Sc1ccccc1)C1(C(=O)O)CC1. The van der Waals surface area contributed by atoms with Crippen LogP contribution in [0.1, 0.15) is 12.8 Å². The first-order valence-electron chi connectivity index (χ1n) is 4.81. The van der Waals surface area contributed by atoms with Gasteiger partial charge < -0.3 is 5.11 Å². The summed E-state index contributed by atoms with van der Waals surface area (Å²) < 4.78 is 0. The van der Waals surface area contributed by atoms with Gasteiger partial charge in [0.05, 0.1) is 5.41 Å². The molecule has 0 amide bonds. The van der Waals surface area contributed by atoms with Crippen molar-refractivity contribution in [3.05, 3.63) is 41.8 Å². The number of carboxylic acid groups (broad SMARTS) is 1. The normalized spacial score (nSPS) is 17.1. The maximum absolute atomic E-state index is 11.0. The fraction of sp³-hybridized carbons (Fsp3) is 0.250. The summed E-state index contributed by atoms with van der Waals surface area (Å²) in [7, 11) is 0. The summed E-state index contributed by atoms with van der Waals surface area (Å²) in [4.78, 5) is 12.8. The van der Waals surface area contributed by atoms with Crippen molar-refractivity contribution in [1.29, 1.82) is 0 Å². The van der Waals surface area contributed by atoms with Crippen LogP contribution in [-0.2, 0) is 4.79 Å². The minimum absolute atomic E-state index is 0.652. The van der Waals surface area contributed by atoms with Crippen molar-refractivity contribution in [2.45, 2.75) is 17.7 Å². The van der Waals surface area contributed by atoms with E-state index in [4.69, 9.17) is 5.11 Å². The Labute approximate surface area is 93.0 Å². The van der Waals surface area contributed by atoms with Gasteiger partial charge in [-0.1, -0.05) is 36.5 Å². The van der Waals surface area contributed by atoms with Crippen LogP contribution in [0.5, 0.6) is 0 Å². The number of carboxylic acids is 1. The van der Waals surface area contributed by atoms with Gasteiger partial charge in [-0.15, -0.1) is 0 Å². The van der Waals surface area contributed by atoms with Crippen molar-refractivity contribution in [2.75, 3.05) is 0 Å².